The lowest BCUT2D eigenvalue weighted by molar-refractivity contribution is -0.192. The summed E-state index contributed by atoms with van der Waals surface area (Å²) in [4.78, 5) is 11.2. The maximum Gasteiger partial charge on any atom is 0.490 e. The summed E-state index contributed by atoms with van der Waals surface area (Å²) in [5.41, 5.74) is 2.35. The molecule has 0 unspecified atom stereocenters. The molecule has 0 aromatic carbocycles. The predicted molar refractivity (Wildman–Crippen MR) is 73.8 cm³/mol. The summed E-state index contributed by atoms with van der Waals surface area (Å²) in [6.07, 6.45) is -0.00819. The highest BCUT2D eigenvalue weighted by atomic mass is 19.4. The first-order valence-electron chi connectivity index (χ1n) is 6.83. The number of carbonyl (C=O) groups is 1. The van der Waals surface area contributed by atoms with E-state index in [4.69, 9.17) is 14.4 Å². The van der Waals surface area contributed by atoms with Crippen molar-refractivity contribution in [2.75, 3.05) is 13.6 Å². The first-order valence-corrected chi connectivity index (χ1v) is 6.83. The number of rotatable bonds is 2. The Morgan fingerprint density at radius 3 is 2.57 bits per heavy atom. The van der Waals surface area contributed by atoms with E-state index in [0.717, 1.165) is 37.5 Å². The highest BCUT2D eigenvalue weighted by Gasteiger charge is 2.38. The number of fused-ring (bicyclic) bond motifs is 1. The van der Waals surface area contributed by atoms with Crippen LogP contribution in [0.25, 0.3) is 0 Å². The number of hydrogen-bond acceptors (Lipinski definition) is 4. The number of carboxylic acids is 1. The van der Waals surface area contributed by atoms with Gasteiger partial charge in [0.2, 0.25) is 0 Å². The Morgan fingerprint density at radius 2 is 2.00 bits per heavy atom. The maximum atomic E-state index is 10.6. The summed E-state index contributed by atoms with van der Waals surface area (Å²) in [6.45, 7) is 2.82. The van der Waals surface area contributed by atoms with Crippen LogP contribution in [0.15, 0.2) is 29.0 Å². The maximum absolute atomic E-state index is 10.6. The van der Waals surface area contributed by atoms with Crippen molar-refractivity contribution in [1.82, 2.24) is 14.6 Å². The van der Waals surface area contributed by atoms with Gasteiger partial charge in [-0.15, -0.1) is 0 Å². The van der Waals surface area contributed by atoms with E-state index < -0.39 is 12.1 Å². The van der Waals surface area contributed by atoms with E-state index in [1.165, 1.54) is 5.56 Å². The van der Waals surface area contributed by atoms with E-state index >= 15 is 0 Å². The van der Waals surface area contributed by atoms with Crippen molar-refractivity contribution >= 4 is 5.97 Å². The molecule has 0 saturated carbocycles. The number of aliphatic carboxylic acids is 1. The molecule has 1 aliphatic heterocycles. The predicted octanol–water partition coefficient (Wildman–Crippen LogP) is 2.15. The van der Waals surface area contributed by atoms with Crippen LogP contribution in [0.5, 0.6) is 0 Å². The number of halogens is 3. The molecule has 0 amide bonds. The Kier molecular flexibility index (Phi) is 5.09. The van der Waals surface area contributed by atoms with Gasteiger partial charge in [-0.3, -0.25) is 0 Å². The molecular weight excluding hydrogens is 315 g/mol. The van der Waals surface area contributed by atoms with Gasteiger partial charge in [0, 0.05) is 37.5 Å². The first-order chi connectivity index (χ1) is 10.8. The zero-order valence-corrected chi connectivity index (χ0v) is 12.4. The van der Waals surface area contributed by atoms with Crippen LogP contribution in [0.3, 0.4) is 0 Å². The van der Waals surface area contributed by atoms with Gasteiger partial charge in [-0.1, -0.05) is 5.16 Å². The summed E-state index contributed by atoms with van der Waals surface area (Å²) < 4.78 is 39.2. The molecule has 0 aliphatic carbocycles. The third kappa shape index (κ3) is 4.59. The van der Waals surface area contributed by atoms with E-state index in [0.29, 0.717) is 0 Å². The quantitative estimate of drug-likeness (QED) is 0.913. The van der Waals surface area contributed by atoms with Gasteiger partial charge in [-0.05, 0) is 19.2 Å². The Morgan fingerprint density at radius 1 is 1.39 bits per heavy atom. The molecule has 0 radical (unpaired) electrons. The standard InChI is InChI=1S/C12H15N3O.C2HF3O2/c1-14-7-4-12-10(8-14)11(13-16-12)9-15-5-2-3-6-15;3-2(4,5)1(6)7/h2-3,5-6H,4,7-9H2,1H3;(H,6,7). The van der Waals surface area contributed by atoms with Gasteiger partial charge in [0.05, 0.1) is 6.54 Å². The second-order valence-electron chi connectivity index (χ2n) is 5.18. The second kappa shape index (κ2) is 6.86. The monoisotopic (exact) mass is 331 g/mol. The third-order valence-electron chi connectivity index (χ3n) is 3.34. The lowest BCUT2D eigenvalue weighted by Crippen LogP contribution is -2.26. The minimum atomic E-state index is -5.08. The zero-order chi connectivity index (χ0) is 17.0. The van der Waals surface area contributed by atoms with Crippen LogP contribution in [-0.2, 0) is 24.3 Å². The molecule has 0 atom stereocenters. The highest BCUT2D eigenvalue weighted by molar-refractivity contribution is 5.73. The average molecular weight is 331 g/mol. The smallest absolute Gasteiger partial charge is 0.475 e. The van der Waals surface area contributed by atoms with Crippen molar-refractivity contribution in [3.05, 3.63) is 41.5 Å². The van der Waals surface area contributed by atoms with E-state index in [1.807, 2.05) is 24.5 Å². The van der Waals surface area contributed by atoms with Crippen molar-refractivity contribution in [2.24, 2.45) is 0 Å². The van der Waals surface area contributed by atoms with E-state index in [1.54, 1.807) is 0 Å². The largest absolute Gasteiger partial charge is 0.490 e. The first kappa shape index (κ1) is 17.1. The van der Waals surface area contributed by atoms with E-state index in [-0.39, 0.29) is 0 Å². The Hall–Kier alpha value is -2.29. The average Bonchev–Trinajstić information content (AvgIpc) is 3.09. The Bertz CT molecular complexity index is 650. The number of alkyl halides is 3. The number of nitrogens with zero attached hydrogens (tertiary/aromatic N) is 3. The fourth-order valence-corrected chi connectivity index (χ4v) is 2.17. The van der Waals surface area contributed by atoms with Crippen molar-refractivity contribution in [3.8, 4) is 0 Å². The molecule has 0 spiro atoms. The molecule has 2 aromatic rings. The zero-order valence-electron chi connectivity index (χ0n) is 12.4. The van der Waals surface area contributed by atoms with Crippen molar-refractivity contribution in [3.63, 3.8) is 0 Å². The lowest BCUT2D eigenvalue weighted by atomic mass is 10.1. The normalized spacial score (nSPS) is 14.8. The van der Waals surface area contributed by atoms with Crippen LogP contribution in [0.1, 0.15) is 17.0 Å². The number of carboxylic acid groups (broad SMARTS) is 1. The summed E-state index contributed by atoms with van der Waals surface area (Å²) in [6, 6.07) is 4.05. The van der Waals surface area contributed by atoms with E-state index in [9.17, 15) is 13.2 Å². The molecule has 1 aliphatic rings. The molecule has 0 fully saturated rings. The van der Waals surface area contributed by atoms with Gasteiger partial charge in [0.25, 0.3) is 0 Å². The highest BCUT2D eigenvalue weighted by Crippen LogP contribution is 2.22. The molecule has 6 nitrogen and oxygen atoms in total. The van der Waals surface area contributed by atoms with E-state index in [2.05, 4.69) is 21.7 Å². The minimum Gasteiger partial charge on any atom is -0.475 e. The summed E-state index contributed by atoms with van der Waals surface area (Å²) in [7, 11) is 2.13. The van der Waals surface area contributed by atoms with Crippen LogP contribution < -0.4 is 0 Å². The molecule has 2 aromatic heterocycles. The third-order valence-corrected chi connectivity index (χ3v) is 3.34. The Balaban J connectivity index is 0.000000236. The van der Waals surface area contributed by atoms with Crippen molar-refractivity contribution < 1.29 is 27.6 Å². The van der Waals surface area contributed by atoms with Crippen LogP contribution in [0, 0.1) is 0 Å². The van der Waals surface area contributed by atoms with Crippen molar-refractivity contribution in [1.29, 1.82) is 0 Å². The SMILES string of the molecule is CN1CCc2onc(Cn3cccc3)c2C1.O=C(O)C(F)(F)F. The van der Waals surface area contributed by atoms with Crippen LogP contribution in [0.2, 0.25) is 0 Å². The fraction of sp³-hybridized carbons (Fsp3) is 0.429. The second-order valence-corrected chi connectivity index (χ2v) is 5.18. The lowest BCUT2D eigenvalue weighted by Gasteiger charge is -2.21. The van der Waals surface area contributed by atoms with Gasteiger partial charge in [0.1, 0.15) is 11.5 Å². The van der Waals surface area contributed by atoms with Crippen LogP contribution in [0.4, 0.5) is 13.2 Å². The minimum absolute atomic E-state index is 0.805. The van der Waals surface area contributed by atoms with Crippen LogP contribution in [-0.4, -0.2) is 45.5 Å². The molecular formula is C14H16F3N3O3. The topological polar surface area (TPSA) is 71.5 Å². The molecule has 23 heavy (non-hydrogen) atoms. The number of likely N-dealkylation sites (N-methyl/N-ethyl adjacent to an activating group) is 1. The van der Waals surface area contributed by atoms with Gasteiger partial charge in [0.15, 0.2) is 0 Å². The molecule has 0 saturated heterocycles. The molecule has 126 valence electrons. The summed E-state index contributed by atoms with van der Waals surface area (Å²) in [5.74, 6) is -1.69. The summed E-state index contributed by atoms with van der Waals surface area (Å²) >= 11 is 0. The summed E-state index contributed by atoms with van der Waals surface area (Å²) in [5, 5.41) is 11.3. The molecule has 0 bridgehead atoms. The van der Waals surface area contributed by atoms with Gasteiger partial charge >= 0.3 is 12.1 Å². The molecule has 3 rings (SSSR count). The molecule has 3 heterocycles. The van der Waals surface area contributed by atoms with Gasteiger partial charge < -0.3 is 19.1 Å². The number of hydrogen-bond donors (Lipinski definition) is 1. The van der Waals surface area contributed by atoms with Gasteiger partial charge in [-0.25, -0.2) is 4.79 Å². The van der Waals surface area contributed by atoms with Crippen LogP contribution >= 0.6 is 0 Å². The van der Waals surface area contributed by atoms with Crippen molar-refractivity contribution in [2.45, 2.75) is 25.7 Å². The fourth-order valence-electron chi connectivity index (χ4n) is 2.17. The number of aromatic nitrogens is 2. The van der Waals surface area contributed by atoms with Gasteiger partial charge in [-0.2, -0.15) is 13.2 Å². The Labute approximate surface area is 130 Å². The molecule has 1 N–H and O–H groups in total. The molecule has 9 heteroatoms.